The molecule has 3 aromatic rings. The van der Waals surface area contributed by atoms with E-state index in [4.69, 9.17) is 10.7 Å². The molecule has 5 rings (SSSR count). The molecule has 1 saturated carbocycles. The van der Waals surface area contributed by atoms with Crippen LogP contribution in [0.3, 0.4) is 0 Å². The molecule has 0 unspecified atom stereocenters. The summed E-state index contributed by atoms with van der Waals surface area (Å²) >= 11 is 3.15. The first-order valence-corrected chi connectivity index (χ1v) is 14.4. The van der Waals surface area contributed by atoms with Crippen molar-refractivity contribution in [3.05, 3.63) is 41.3 Å². The number of piperidine rings is 1. The fraction of sp³-hybridized carbons (Fsp3) is 0.500. The quantitative estimate of drug-likeness (QED) is 0.246. The Bertz CT molecular complexity index is 1150. The van der Waals surface area contributed by atoms with Crippen LogP contribution in [0.15, 0.2) is 30.5 Å². The van der Waals surface area contributed by atoms with E-state index in [0.717, 1.165) is 48.0 Å². The van der Waals surface area contributed by atoms with E-state index in [1.807, 2.05) is 18.2 Å². The highest BCUT2D eigenvalue weighted by atomic mass is 32.2. The molecule has 0 radical (unpaired) electrons. The van der Waals surface area contributed by atoms with Crippen molar-refractivity contribution in [2.24, 2.45) is 5.41 Å². The number of thiazole rings is 1. The third-order valence-corrected chi connectivity index (χ3v) is 9.57. The van der Waals surface area contributed by atoms with E-state index in [0.29, 0.717) is 34.0 Å². The third kappa shape index (κ3) is 5.32. The molecule has 2 aromatic heterocycles. The molecule has 0 bridgehead atoms. The normalized spacial score (nSPS) is 18.1. The molecular weight excluding hydrogens is 479 g/mol. The highest BCUT2D eigenvalue weighted by Gasteiger charge is 2.37. The summed E-state index contributed by atoms with van der Waals surface area (Å²) < 4.78 is 18.8. The molecule has 6 nitrogen and oxygen atoms in total. The van der Waals surface area contributed by atoms with Crippen LogP contribution in [0.2, 0.25) is 0 Å². The van der Waals surface area contributed by atoms with Gasteiger partial charge >= 0.3 is 0 Å². The average molecular weight is 513 g/mol. The Morgan fingerprint density at radius 1 is 1.17 bits per heavy atom. The number of rotatable bonds is 7. The molecule has 186 valence electrons. The maximum atomic E-state index is 15.7. The minimum atomic E-state index is -0.284. The lowest BCUT2D eigenvalue weighted by Crippen LogP contribution is -2.38. The first-order chi connectivity index (χ1) is 17.1. The summed E-state index contributed by atoms with van der Waals surface area (Å²) in [5.41, 5.74) is 8.71. The van der Waals surface area contributed by atoms with Crippen molar-refractivity contribution in [2.45, 2.75) is 57.8 Å². The smallest absolute Gasteiger partial charge is 0.220 e. The van der Waals surface area contributed by atoms with Gasteiger partial charge in [-0.25, -0.2) is 19.3 Å². The minimum Gasteiger partial charge on any atom is -0.368 e. The Labute approximate surface area is 214 Å². The molecule has 1 aromatic carbocycles. The van der Waals surface area contributed by atoms with Crippen LogP contribution in [-0.2, 0) is 0 Å². The van der Waals surface area contributed by atoms with Crippen molar-refractivity contribution in [3.63, 3.8) is 0 Å². The van der Waals surface area contributed by atoms with Crippen LogP contribution >= 0.6 is 23.3 Å². The van der Waals surface area contributed by atoms with Crippen molar-refractivity contribution >= 4 is 34.9 Å². The number of hydrogen-bond donors (Lipinski definition) is 3. The van der Waals surface area contributed by atoms with Crippen molar-refractivity contribution in [2.75, 3.05) is 29.3 Å². The highest BCUT2D eigenvalue weighted by Crippen LogP contribution is 2.50. The summed E-state index contributed by atoms with van der Waals surface area (Å²) in [6, 6.07) is 7.30. The molecular formula is C26H33FN6S2. The lowest BCUT2D eigenvalue weighted by atomic mass is 9.66. The number of halogens is 1. The van der Waals surface area contributed by atoms with Gasteiger partial charge in [-0.1, -0.05) is 24.9 Å². The monoisotopic (exact) mass is 512 g/mol. The summed E-state index contributed by atoms with van der Waals surface area (Å²) in [6.45, 7) is 4.37. The lowest BCUT2D eigenvalue weighted by Gasteiger charge is -2.42. The topological polar surface area (TPSA) is 88.8 Å². The Morgan fingerprint density at radius 3 is 2.71 bits per heavy atom. The summed E-state index contributed by atoms with van der Waals surface area (Å²) in [5.74, 6) is 1.24. The van der Waals surface area contributed by atoms with Crippen LogP contribution in [-0.4, -0.2) is 33.8 Å². The van der Waals surface area contributed by atoms with Gasteiger partial charge in [0.2, 0.25) is 5.95 Å². The maximum absolute atomic E-state index is 15.7. The number of nitrogen functional groups attached to an aromatic ring is 1. The molecule has 9 heteroatoms. The summed E-state index contributed by atoms with van der Waals surface area (Å²) in [4.78, 5) is 14.4. The molecule has 4 N–H and O–H groups in total. The predicted octanol–water partition coefficient (Wildman–Crippen LogP) is 6.49. The number of nitrogens with two attached hydrogens (primary N) is 1. The van der Waals surface area contributed by atoms with Gasteiger partial charge in [0.15, 0.2) is 5.82 Å². The molecule has 1 aliphatic heterocycles. The van der Waals surface area contributed by atoms with Crippen LogP contribution in [0.25, 0.3) is 21.8 Å². The van der Waals surface area contributed by atoms with Gasteiger partial charge in [-0.15, -0.1) is 11.3 Å². The second-order valence-electron chi connectivity index (χ2n) is 9.67. The SMILES string of the molecule is CCCSNc1cccc(-c2nc(C3CCC4(CCNCC4)CC3)sc2-c2ccnc(N)n2)c1F. The van der Waals surface area contributed by atoms with Crippen molar-refractivity contribution in [3.8, 4) is 21.8 Å². The molecule has 35 heavy (non-hydrogen) atoms. The minimum absolute atomic E-state index is 0.209. The molecule has 2 aliphatic rings. The summed E-state index contributed by atoms with van der Waals surface area (Å²) in [7, 11) is 0. The van der Waals surface area contributed by atoms with Gasteiger partial charge in [-0.3, -0.25) is 0 Å². The fourth-order valence-corrected chi connectivity index (χ4v) is 7.16. The molecule has 1 saturated heterocycles. The second kappa shape index (κ2) is 10.8. The number of aromatic nitrogens is 3. The first-order valence-electron chi connectivity index (χ1n) is 12.6. The Hall–Kier alpha value is -2.23. The van der Waals surface area contributed by atoms with Crippen molar-refractivity contribution < 1.29 is 4.39 Å². The van der Waals surface area contributed by atoms with E-state index in [2.05, 4.69) is 26.9 Å². The number of benzene rings is 1. The van der Waals surface area contributed by atoms with Crippen LogP contribution in [0.1, 0.15) is 62.8 Å². The molecule has 3 heterocycles. The van der Waals surface area contributed by atoms with Gasteiger partial charge in [0.25, 0.3) is 0 Å². The van der Waals surface area contributed by atoms with E-state index < -0.39 is 0 Å². The zero-order chi connectivity index (χ0) is 24.3. The maximum Gasteiger partial charge on any atom is 0.220 e. The van der Waals surface area contributed by atoms with Gasteiger partial charge in [-0.05, 0) is 81.6 Å². The number of anilines is 2. The van der Waals surface area contributed by atoms with Gasteiger partial charge in [0, 0.05) is 23.4 Å². The van der Waals surface area contributed by atoms with E-state index in [-0.39, 0.29) is 11.8 Å². The van der Waals surface area contributed by atoms with E-state index in [9.17, 15) is 0 Å². The Balaban J connectivity index is 1.48. The number of hydrogen-bond acceptors (Lipinski definition) is 8. The number of nitrogens with one attached hydrogen (secondary N) is 2. The molecule has 1 aliphatic carbocycles. The summed E-state index contributed by atoms with van der Waals surface area (Å²) in [6.07, 6.45) is 9.97. The zero-order valence-corrected chi connectivity index (χ0v) is 21.8. The van der Waals surface area contributed by atoms with Gasteiger partial charge in [0.05, 0.1) is 27.0 Å². The fourth-order valence-electron chi connectivity index (χ4n) is 5.33. The van der Waals surface area contributed by atoms with Crippen molar-refractivity contribution in [1.82, 2.24) is 20.3 Å². The Morgan fingerprint density at radius 2 is 1.97 bits per heavy atom. The van der Waals surface area contributed by atoms with Gasteiger partial charge in [-0.2, -0.15) is 0 Å². The highest BCUT2D eigenvalue weighted by molar-refractivity contribution is 8.00. The van der Waals surface area contributed by atoms with E-state index in [1.54, 1.807) is 23.6 Å². The average Bonchev–Trinajstić information content (AvgIpc) is 3.31. The molecule has 1 spiro atoms. The predicted molar refractivity (Wildman–Crippen MR) is 145 cm³/mol. The summed E-state index contributed by atoms with van der Waals surface area (Å²) in [5, 5.41) is 4.58. The Kier molecular flexibility index (Phi) is 7.55. The van der Waals surface area contributed by atoms with Crippen LogP contribution in [0.4, 0.5) is 16.0 Å². The van der Waals surface area contributed by atoms with E-state index >= 15 is 4.39 Å². The largest absolute Gasteiger partial charge is 0.368 e. The van der Waals surface area contributed by atoms with Gasteiger partial charge in [0.1, 0.15) is 0 Å². The third-order valence-electron chi connectivity index (χ3n) is 7.35. The van der Waals surface area contributed by atoms with Crippen LogP contribution in [0.5, 0.6) is 0 Å². The second-order valence-corrected chi connectivity index (χ2v) is 11.6. The standard InChI is InChI=1S/C26H33FN6S2/c1-2-16-34-33-19-5-3-4-18(21(19)27)22-23(20-8-13-30-25(28)31-20)35-24(32-22)17-6-9-26(10-7-17)11-14-29-15-12-26/h3-5,8,13,17,29,33H,2,6-7,9-12,14-16H2,1H3,(H2,28,30,31). The zero-order valence-electron chi connectivity index (χ0n) is 20.1. The van der Waals surface area contributed by atoms with E-state index in [1.165, 1.54) is 37.6 Å². The molecule has 0 amide bonds. The lowest BCUT2D eigenvalue weighted by molar-refractivity contribution is 0.123. The molecule has 2 fully saturated rings. The van der Waals surface area contributed by atoms with Crippen LogP contribution in [0, 0.1) is 11.2 Å². The van der Waals surface area contributed by atoms with Crippen molar-refractivity contribution in [1.29, 1.82) is 0 Å². The first kappa shape index (κ1) is 24.5. The number of nitrogens with zero attached hydrogens (tertiary/aromatic N) is 3. The molecule has 0 atom stereocenters. The van der Waals surface area contributed by atoms with Crippen LogP contribution < -0.4 is 15.8 Å². The van der Waals surface area contributed by atoms with Gasteiger partial charge < -0.3 is 15.8 Å².